The van der Waals surface area contributed by atoms with Crippen LogP contribution in [0.3, 0.4) is 0 Å². The summed E-state index contributed by atoms with van der Waals surface area (Å²) >= 11 is 0. The smallest absolute Gasteiger partial charge is 0.0513 e. The number of hydrogen-bond donors (Lipinski definition) is 0. The van der Waals surface area contributed by atoms with E-state index in [4.69, 9.17) is 0 Å². The Balaban J connectivity index is 3.41. The second-order valence-corrected chi connectivity index (χ2v) is 11.9. The van der Waals surface area contributed by atoms with E-state index in [0.29, 0.717) is 0 Å². The minimum absolute atomic E-state index is 0.822. The Hall–Kier alpha value is -0.0431. The van der Waals surface area contributed by atoms with Crippen molar-refractivity contribution < 1.29 is 0 Å². The van der Waals surface area contributed by atoms with Crippen molar-refractivity contribution in [2.45, 2.75) is 89.9 Å². The maximum Gasteiger partial charge on any atom is 0.0513 e. The molecule has 0 fully saturated rings. The number of rotatable bonds is 11. The molecule has 0 aliphatic heterocycles. The van der Waals surface area contributed by atoms with Crippen LogP contribution in [-0.4, -0.2) is 8.07 Å². The number of allylic oxidation sites excluding steroid dienone is 1. The van der Waals surface area contributed by atoms with Gasteiger partial charge in [-0.2, -0.15) is 0 Å². The normalized spacial score (nSPS) is 13.6. The largest absolute Gasteiger partial charge is 0.103 e. The Bertz CT molecular complexity index is 178. The lowest BCUT2D eigenvalue weighted by Crippen LogP contribution is -2.26. The van der Waals surface area contributed by atoms with E-state index in [9.17, 15) is 0 Å². The highest BCUT2D eigenvalue weighted by Gasteiger charge is 2.22. The van der Waals surface area contributed by atoms with Crippen molar-refractivity contribution >= 4 is 8.07 Å². The molecule has 1 unspecified atom stereocenters. The summed E-state index contributed by atoms with van der Waals surface area (Å²) in [5.41, 5.74) is 0.822. The Morgan fingerprint density at radius 3 is 1.76 bits per heavy atom. The van der Waals surface area contributed by atoms with Gasteiger partial charge in [0.1, 0.15) is 0 Å². The van der Waals surface area contributed by atoms with E-state index in [0.717, 1.165) is 5.54 Å². The maximum atomic E-state index is 4.01. The van der Waals surface area contributed by atoms with Gasteiger partial charge < -0.3 is 0 Å². The summed E-state index contributed by atoms with van der Waals surface area (Å²) in [4.78, 5) is 0. The molecule has 0 aromatic heterocycles. The van der Waals surface area contributed by atoms with E-state index < -0.39 is 8.07 Å². The molecule has 0 aromatic carbocycles. The van der Waals surface area contributed by atoms with Gasteiger partial charge >= 0.3 is 0 Å². The second-order valence-electron chi connectivity index (χ2n) is 6.47. The van der Waals surface area contributed by atoms with Crippen LogP contribution in [0.15, 0.2) is 12.7 Å². The summed E-state index contributed by atoms with van der Waals surface area (Å²) in [5, 5.41) is 0. The fourth-order valence-corrected chi connectivity index (χ4v) is 4.18. The lowest BCUT2D eigenvalue weighted by molar-refractivity contribution is 0.565. The predicted octanol–water partition coefficient (Wildman–Crippen LogP) is 6.41. The minimum Gasteiger partial charge on any atom is -0.103 e. The van der Waals surface area contributed by atoms with Crippen LogP contribution in [0.2, 0.25) is 25.2 Å². The summed E-state index contributed by atoms with van der Waals surface area (Å²) in [6, 6.07) is 0. The minimum atomic E-state index is -0.991. The molecule has 0 nitrogen and oxygen atoms in total. The van der Waals surface area contributed by atoms with Gasteiger partial charge in [0.15, 0.2) is 0 Å². The third kappa shape index (κ3) is 9.64. The zero-order chi connectivity index (χ0) is 13.1. The highest BCUT2D eigenvalue weighted by molar-refractivity contribution is 6.78. The fraction of sp³-hybridized carbons (Fsp3) is 0.875. The number of unbranched alkanes of at least 4 members (excludes halogenated alkanes) is 7. The lowest BCUT2D eigenvalue weighted by Gasteiger charge is -2.25. The van der Waals surface area contributed by atoms with E-state index in [1.54, 1.807) is 0 Å². The van der Waals surface area contributed by atoms with E-state index in [1.165, 1.54) is 57.8 Å². The molecule has 0 N–H and O–H groups in total. The van der Waals surface area contributed by atoms with Gasteiger partial charge in [-0.05, 0) is 12.0 Å². The highest BCUT2D eigenvalue weighted by atomic mass is 28.3. The molecule has 0 spiro atoms. The van der Waals surface area contributed by atoms with Crippen molar-refractivity contribution in [3.63, 3.8) is 0 Å². The molecule has 0 aromatic rings. The van der Waals surface area contributed by atoms with Crippen LogP contribution in [0.1, 0.15) is 64.7 Å². The van der Waals surface area contributed by atoms with E-state index in [-0.39, 0.29) is 0 Å². The molecular formula is C16H34Si. The van der Waals surface area contributed by atoms with Gasteiger partial charge in [0.25, 0.3) is 0 Å². The molecule has 102 valence electrons. The van der Waals surface area contributed by atoms with Crippen LogP contribution in [0, 0.1) is 0 Å². The molecule has 1 heteroatoms. The number of hydrogen-bond acceptors (Lipinski definition) is 0. The highest BCUT2D eigenvalue weighted by Crippen LogP contribution is 2.28. The second kappa shape index (κ2) is 9.93. The van der Waals surface area contributed by atoms with Crippen molar-refractivity contribution in [1.82, 2.24) is 0 Å². The van der Waals surface area contributed by atoms with Gasteiger partial charge in [-0.1, -0.05) is 84.0 Å². The SMILES string of the molecule is C=CC(CCCCCCCCCC)[Si](C)(C)C. The van der Waals surface area contributed by atoms with E-state index in [2.05, 4.69) is 39.2 Å². The average molecular weight is 255 g/mol. The van der Waals surface area contributed by atoms with Gasteiger partial charge in [-0.3, -0.25) is 0 Å². The summed E-state index contributed by atoms with van der Waals surface area (Å²) in [6.07, 6.45) is 15.0. The summed E-state index contributed by atoms with van der Waals surface area (Å²) in [5.74, 6) is 0. The Morgan fingerprint density at radius 1 is 0.882 bits per heavy atom. The summed E-state index contributed by atoms with van der Waals surface area (Å²) in [7, 11) is -0.991. The van der Waals surface area contributed by atoms with Crippen molar-refractivity contribution in [3.05, 3.63) is 12.7 Å². The van der Waals surface area contributed by atoms with Crippen LogP contribution < -0.4 is 0 Å². The van der Waals surface area contributed by atoms with Gasteiger partial charge in [0.05, 0.1) is 8.07 Å². The van der Waals surface area contributed by atoms with Gasteiger partial charge in [0, 0.05) is 0 Å². The van der Waals surface area contributed by atoms with Crippen LogP contribution in [0.4, 0.5) is 0 Å². The zero-order valence-corrected chi connectivity index (χ0v) is 13.7. The molecule has 0 radical (unpaired) electrons. The molecule has 0 aliphatic carbocycles. The first-order valence-electron chi connectivity index (χ1n) is 7.65. The molecule has 1 atom stereocenters. The van der Waals surface area contributed by atoms with Crippen LogP contribution in [-0.2, 0) is 0 Å². The molecule has 0 heterocycles. The van der Waals surface area contributed by atoms with E-state index in [1.807, 2.05) is 0 Å². The lowest BCUT2D eigenvalue weighted by atomic mass is 10.1. The topological polar surface area (TPSA) is 0 Å². The first kappa shape index (κ1) is 17.0. The average Bonchev–Trinajstić information content (AvgIpc) is 2.25. The molecule has 0 bridgehead atoms. The van der Waals surface area contributed by atoms with Crippen molar-refractivity contribution in [3.8, 4) is 0 Å². The first-order valence-corrected chi connectivity index (χ1v) is 11.2. The predicted molar refractivity (Wildman–Crippen MR) is 84.5 cm³/mol. The summed E-state index contributed by atoms with van der Waals surface area (Å²) < 4.78 is 0. The Labute approximate surface area is 111 Å². The Morgan fingerprint density at radius 2 is 1.35 bits per heavy atom. The van der Waals surface area contributed by atoms with Crippen molar-refractivity contribution in [1.29, 1.82) is 0 Å². The fourth-order valence-electron chi connectivity index (χ4n) is 2.40. The Kier molecular flexibility index (Phi) is 9.91. The van der Waals surface area contributed by atoms with Gasteiger partial charge in [0.2, 0.25) is 0 Å². The first-order chi connectivity index (χ1) is 8.02. The third-order valence-electron chi connectivity index (χ3n) is 3.77. The molecule has 0 saturated heterocycles. The van der Waals surface area contributed by atoms with Crippen molar-refractivity contribution in [2.75, 3.05) is 0 Å². The third-order valence-corrected chi connectivity index (χ3v) is 6.51. The standard InChI is InChI=1S/C16H34Si/c1-6-8-9-10-11-12-13-14-15-16(7-2)17(3,4)5/h7,16H,2,6,8-15H2,1,3-5H3. The monoisotopic (exact) mass is 254 g/mol. The van der Waals surface area contributed by atoms with Crippen LogP contribution in [0.25, 0.3) is 0 Å². The quantitative estimate of drug-likeness (QED) is 0.227. The molecule has 0 aliphatic rings. The van der Waals surface area contributed by atoms with E-state index >= 15 is 0 Å². The molecule has 0 amide bonds. The van der Waals surface area contributed by atoms with Gasteiger partial charge in [-0.25, -0.2) is 0 Å². The molecule has 0 rings (SSSR count). The van der Waals surface area contributed by atoms with Gasteiger partial charge in [-0.15, -0.1) is 6.58 Å². The van der Waals surface area contributed by atoms with Crippen LogP contribution >= 0.6 is 0 Å². The zero-order valence-electron chi connectivity index (χ0n) is 12.7. The van der Waals surface area contributed by atoms with Crippen molar-refractivity contribution in [2.24, 2.45) is 0 Å². The molecular weight excluding hydrogens is 220 g/mol. The molecule has 17 heavy (non-hydrogen) atoms. The van der Waals surface area contributed by atoms with Crippen LogP contribution in [0.5, 0.6) is 0 Å². The summed E-state index contributed by atoms with van der Waals surface area (Å²) in [6.45, 7) is 13.7. The molecule has 0 saturated carbocycles. The maximum absolute atomic E-state index is 4.01.